The highest BCUT2D eigenvalue weighted by molar-refractivity contribution is 7.91. The van der Waals surface area contributed by atoms with Gasteiger partial charge in [0.25, 0.3) is 0 Å². The Morgan fingerprint density at radius 1 is 1.32 bits per heavy atom. The van der Waals surface area contributed by atoms with Gasteiger partial charge in [-0.15, -0.1) is 0 Å². The van der Waals surface area contributed by atoms with Crippen molar-refractivity contribution in [2.45, 2.75) is 25.1 Å². The van der Waals surface area contributed by atoms with Crippen molar-refractivity contribution in [1.82, 2.24) is 0 Å². The first-order chi connectivity index (χ1) is 8.54. The number of sulfone groups is 1. The fourth-order valence-corrected chi connectivity index (χ4v) is 4.23. The molecule has 1 unspecified atom stereocenters. The van der Waals surface area contributed by atoms with Crippen LogP contribution >= 0.6 is 0 Å². The van der Waals surface area contributed by atoms with E-state index in [0.717, 1.165) is 12.1 Å². The van der Waals surface area contributed by atoms with E-state index in [9.17, 15) is 26.7 Å². The molecule has 0 aromatic heterocycles. The first kappa shape index (κ1) is 14.3. The maximum atomic E-state index is 12.5. The van der Waals surface area contributed by atoms with E-state index >= 15 is 0 Å². The Morgan fingerprint density at radius 2 is 1.95 bits per heavy atom. The van der Waals surface area contributed by atoms with Crippen LogP contribution in [0.15, 0.2) is 18.2 Å². The van der Waals surface area contributed by atoms with Crippen LogP contribution in [0.3, 0.4) is 0 Å². The van der Waals surface area contributed by atoms with E-state index in [0.29, 0.717) is 0 Å². The maximum absolute atomic E-state index is 12.5. The fourth-order valence-electron chi connectivity index (χ4n) is 2.41. The molecule has 19 heavy (non-hydrogen) atoms. The van der Waals surface area contributed by atoms with E-state index in [2.05, 4.69) is 0 Å². The van der Waals surface area contributed by atoms with Crippen molar-refractivity contribution >= 4 is 9.84 Å². The van der Waals surface area contributed by atoms with Gasteiger partial charge in [0, 0.05) is 0 Å². The standard InChI is InChI=1S/C12H13F3O3S/c1-8-6-9(12(13,14)15)2-3-10(8)11(16)4-5-19(17,18)7-11/h2-3,6,16H,4-5,7H2,1H3. The van der Waals surface area contributed by atoms with Gasteiger partial charge in [-0.2, -0.15) is 13.2 Å². The van der Waals surface area contributed by atoms with Crippen molar-refractivity contribution in [1.29, 1.82) is 0 Å². The Hall–Kier alpha value is -1.08. The molecule has 0 bridgehead atoms. The zero-order valence-corrected chi connectivity index (χ0v) is 11.0. The second kappa shape index (κ2) is 4.21. The second-order valence-corrected chi connectivity index (χ2v) is 7.09. The molecule has 106 valence electrons. The summed E-state index contributed by atoms with van der Waals surface area (Å²) in [6, 6.07) is 2.96. The highest BCUT2D eigenvalue weighted by Gasteiger charge is 2.43. The molecule has 1 N–H and O–H groups in total. The normalized spacial score (nSPS) is 26.6. The van der Waals surface area contributed by atoms with Crippen LogP contribution in [0.25, 0.3) is 0 Å². The number of alkyl halides is 3. The molecule has 1 heterocycles. The molecule has 2 rings (SSSR count). The molecule has 7 heteroatoms. The van der Waals surface area contributed by atoms with Crippen LogP contribution in [0.5, 0.6) is 0 Å². The summed E-state index contributed by atoms with van der Waals surface area (Å²) in [5, 5.41) is 10.3. The smallest absolute Gasteiger partial charge is 0.384 e. The Balaban J connectivity index is 2.43. The molecule has 0 amide bonds. The van der Waals surface area contributed by atoms with Crippen molar-refractivity contribution in [2.75, 3.05) is 11.5 Å². The number of hydrogen-bond donors (Lipinski definition) is 1. The summed E-state index contributed by atoms with van der Waals surface area (Å²) in [5.74, 6) is -0.587. The lowest BCUT2D eigenvalue weighted by molar-refractivity contribution is -0.137. The molecular weight excluding hydrogens is 281 g/mol. The highest BCUT2D eigenvalue weighted by atomic mass is 32.2. The van der Waals surface area contributed by atoms with Crippen LogP contribution in [0.1, 0.15) is 23.1 Å². The van der Waals surface area contributed by atoms with E-state index < -0.39 is 32.9 Å². The van der Waals surface area contributed by atoms with Crippen LogP contribution in [-0.2, 0) is 21.6 Å². The monoisotopic (exact) mass is 294 g/mol. The predicted molar refractivity (Wildman–Crippen MR) is 63.3 cm³/mol. The lowest BCUT2D eigenvalue weighted by Gasteiger charge is -2.24. The average molecular weight is 294 g/mol. The third-order valence-electron chi connectivity index (χ3n) is 3.34. The molecule has 1 aromatic carbocycles. The van der Waals surface area contributed by atoms with Crippen LogP contribution in [0, 0.1) is 6.92 Å². The average Bonchev–Trinajstić information content (AvgIpc) is 2.52. The minimum Gasteiger partial charge on any atom is -0.384 e. The van der Waals surface area contributed by atoms with E-state index in [-0.39, 0.29) is 23.3 Å². The van der Waals surface area contributed by atoms with Crippen molar-refractivity contribution < 1.29 is 26.7 Å². The van der Waals surface area contributed by atoms with Gasteiger partial charge in [0.05, 0.1) is 17.1 Å². The van der Waals surface area contributed by atoms with Gasteiger partial charge < -0.3 is 5.11 Å². The first-order valence-electron chi connectivity index (χ1n) is 5.65. The predicted octanol–water partition coefficient (Wildman–Crippen LogP) is 2.02. The summed E-state index contributed by atoms with van der Waals surface area (Å²) in [6.07, 6.45) is -4.44. The Kier molecular flexibility index (Phi) is 3.17. The third-order valence-corrected chi connectivity index (χ3v) is 5.08. The first-order valence-corrected chi connectivity index (χ1v) is 7.47. The Morgan fingerprint density at radius 3 is 2.37 bits per heavy atom. The molecule has 1 aromatic rings. The lowest BCUT2D eigenvalue weighted by atomic mass is 9.89. The van der Waals surface area contributed by atoms with E-state index in [1.807, 2.05) is 0 Å². The van der Waals surface area contributed by atoms with E-state index in [1.165, 1.54) is 13.0 Å². The van der Waals surface area contributed by atoms with Crippen LogP contribution < -0.4 is 0 Å². The molecule has 1 aliphatic heterocycles. The molecule has 1 aliphatic rings. The van der Waals surface area contributed by atoms with Gasteiger partial charge >= 0.3 is 6.18 Å². The van der Waals surface area contributed by atoms with Crippen LogP contribution in [0.4, 0.5) is 13.2 Å². The summed E-state index contributed by atoms with van der Waals surface area (Å²) in [5.41, 5.74) is -1.89. The van der Waals surface area contributed by atoms with E-state index in [4.69, 9.17) is 0 Å². The zero-order valence-electron chi connectivity index (χ0n) is 10.2. The number of hydrogen-bond acceptors (Lipinski definition) is 3. The summed E-state index contributed by atoms with van der Waals surface area (Å²) in [6.45, 7) is 1.44. The Labute approximate surface area is 109 Å². The van der Waals surface area contributed by atoms with Crippen molar-refractivity contribution in [2.24, 2.45) is 0 Å². The van der Waals surface area contributed by atoms with Gasteiger partial charge in [-0.05, 0) is 36.6 Å². The summed E-state index contributed by atoms with van der Waals surface area (Å²) >= 11 is 0. The molecule has 0 aliphatic carbocycles. The molecule has 1 saturated heterocycles. The molecule has 3 nitrogen and oxygen atoms in total. The quantitative estimate of drug-likeness (QED) is 0.862. The number of aliphatic hydroxyl groups is 1. The lowest BCUT2D eigenvalue weighted by Crippen LogP contribution is -2.28. The number of halogens is 3. The van der Waals surface area contributed by atoms with Crippen molar-refractivity contribution in [3.8, 4) is 0 Å². The topological polar surface area (TPSA) is 54.4 Å². The molecular formula is C12H13F3O3S. The number of rotatable bonds is 1. The van der Waals surface area contributed by atoms with Crippen LogP contribution in [-0.4, -0.2) is 25.0 Å². The Bertz CT molecular complexity index is 607. The number of benzene rings is 1. The number of aryl methyl sites for hydroxylation is 1. The SMILES string of the molecule is Cc1cc(C(F)(F)F)ccc1C1(O)CCS(=O)(=O)C1. The van der Waals surface area contributed by atoms with Gasteiger partial charge in [0.2, 0.25) is 0 Å². The van der Waals surface area contributed by atoms with Gasteiger partial charge in [0.1, 0.15) is 5.60 Å². The highest BCUT2D eigenvalue weighted by Crippen LogP contribution is 2.37. The molecule has 0 saturated carbocycles. The zero-order chi connectivity index (χ0) is 14.5. The largest absolute Gasteiger partial charge is 0.416 e. The molecule has 1 fully saturated rings. The minimum atomic E-state index is -4.45. The third kappa shape index (κ3) is 2.76. The summed E-state index contributed by atoms with van der Waals surface area (Å²) < 4.78 is 60.4. The second-order valence-electron chi connectivity index (χ2n) is 4.90. The van der Waals surface area contributed by atoms with Crippen LogP contribution in [0.2, 0.25) is 0 Å². The molecule has 0 spiro atoms. The van der Waals surface area contributed by atoms with Crippen molar-refractivity contribution in [3.63, 3.8) is 0 Å². The van der Waals surface area contributed by atoms with Gasteiger partial charge in [-0.3, -0.25) is 0 Å². The van der Waals surface area contributed by atoms with Gasteiger partial charge in [0.15, 0.2) is 9.84 Å². The summed E-state index contributed by atoms with van der Waals surface area (Å²) in [4.78, 5) is 0. The fraction of sp³-hybridized carbons (Fsp3) is 0.500. The van der Waals surface area contributed by atoms with Gasteiger partial charge in [-0.25, -0.2) is 8.42 Å². The van der Waals surface area contributed by atoms with Gasteiger partial charge in [-0.1, -0.05) is 6.07 Å². The van der Waals surface area contributed by atoms with E-state index in [1.54, 1.807) is 0 Å². The van der Waals surface area contributed by atoms with Crippen molar-refractivity contribution in [3.05, 3.63) is 34.9 Å². The molecule has 1 atom stereocenters. The summed E-state index contributed by atoms with van der Waals surface area (Å²) in [7, 11) is -3.33. The minimum absolute atomic E-state index is 0.0154. The maximum Gasteiger partial charge on any atom is 0.416 e. The molecule has 0 radical (unpaired) electrons.